The summed E-state index contributed by atoms with van der Waals surface area (Å²) in [5, 5.41) is 9.90. The van der Waals surface area contributed by atoms with Crippen molar-refractivity contribution < 1.29 is 14.7 Å². The fourth-order valence-electron chi connectivity index (χ4n) is 1.54. The topological polar surface area (TPSA) is 64.7 Å². The van der Waals surface area contributed by atoms with Gasteiger partial charge in [0.25, 0.3) is 0 Å². The van der Waals surface area contributed by atoms with Crippen LogP contribution >= 0.6 is 0 Å². The standard InChI is InChI=1S/C12H19NO3/c1-8(2)10-6-9(4-5-16-13)12(14)11(7-10)15-3/h6-8,14H,4-5,13H2,1-3H3. The van der Waals surface area contributed by atoms with Gasteiger partial charge in [-0.25, -0.2) is 5.90 Å². The molecule has 0 radical (unpaired) electrons. The zero-order valence-corrected chi connectivity index (χ0v) is 9.99. The molecule has 1 aromatic rings. The van der Waals surface area contributed by atoms with Crippen LogP contribution in [-0.4, -0.2) is 18.8 Å². The number of hydrogen-bond acceptors (Lipinski definition) is 4. The molecule has 0 aliphatic carbocycles. The molecule has 0 saturated carbocycles. The second kappa shape index (κ2) is 5.72. The molecule has 0 fully saturated rings. The minimum Gasteiger partial charge on any atom is -0.504 e. The summed E-state index contributed by atoms with van der Waals surface area (Å²) >= 11 is 0. The SMILES string of the molecule is COc1cc(C(C)C)cc(CCON)c1O. The second-order valence-corrected chi connectivity index (χ2v) is 4.01. The van der Waals surface area contributed by atoms with E-state index in [1.54, 1.807) is 7.11 Å². The average molecular weight is 225 g/mol. The van der Waals surface area contributed by atoms with E-state index >= 15 is 0 Å². The Hall–Kier alpha value is -1.26. The number of nitrogens with two attached hydrogens (primary N) is 1. The van der Waals surface area contributed by atoms with E-state index in [1.165, 1.54) is 0 Å². The van der Waals surface area contributed by atoms with Crippen LogP contribution in [-0.2, 0) is 11.3 Å². The maximum absolute atomic E-state index is 9.90. The van der Waals surface area contributed by atoms with Gasteiger partial charge in [-0.3, -0.25) is 0 Å². The first-order chi connectivity index (χ1) is 7.60. The summed E-state index contributed by atoms with van der Waals surface area (Å²) < 4.78 is 5.13. The largest absolute Gasteiger partial charge is 0.504 e. The first kappa shape index (κ1) is 12.8. The maximum atomic E-state index is 9.90. The van der Waals surface area contributed by atoms with Gasteiger partial charge in [0, 0.05) is 12.0 Å². The predicted molar refractivity (Wildman–Crippen MR) is 62.6 cm³/mol. The van der Waals surface area contributed by atoms with Crippen molar-refractivity contribution in [2.24, 2.45) is 5.90 Å². The van der Waals surface area contributed by atoms with Gasteiger partial charge in [0.2, 0.25) is 0 Å². The van der Waals surface area contributed by atoms with Crippen molar-refractivity contribution in [1.82, 2.24) is 0 Å². The molecule has 0 aromatic heterocycles. The van der Waals surface area contributed by atoms with Crippen LogP contribution in [0.5, 0.6) is 11.5 Å². The number of rotatable bonds is 5. The Labute approximate surface area is 95.9 Å². The number of phenolic OH excluding ortho intramolecular Hbond substituents is 1. The molecule has 0 saturated heterocycles. The first-order valence-corrected chi connectivity index (χ1v) is 5.31. The monoisotopic (exact) mass is 225 g/mol. The summed E-state index contributed by atoms with van der Waals surface area (Å²) in [5.74, 6) is 6.03. The molecule has 16 heavy (non-hydrogen) atoms. The van der Waals surface area contributed by atoms with E-state index in [-0.39, 0.29) is 5.75 Å². The minimum atomic E-state index is 0.170. The molecule has 4 heteroatoms. The number of hydrogen-bond donors (Lipinski definition) is 2. The molecule has 0 heterocycles. The van der Waals surface area contributed by atoms with Crippen molar-refractivity contribution in [3.63, 3.8) is 0 Å². The average Bonchev–Trinajstić information content (AvgIpc) is 2.27. The zero-order valence-electron chi connectivity index (χ0n) is 9.99. The molecular formula is C12H19NO3. The van der Waals surface area contributed by atoms with Gasteiger partial charge >= 0.3 is 0 Å². The van der Waals surface area contributed by atoms with Gasteiger partial charge in [-0.05, 0) is 17.5 Å². The van der Waals surface area contributed by atoms with Crippen LogP contribution in [0.1, 0.15) is 30.9 Å². The Morgan fingerprint density at radius 1 is 1.38 bits per heavy atom. The minimum absolute atomic E-state index is 0.170. The highest BCUT2D eigenvalue weighted by molar-refractivity contribution is 5.49. The number of ether oxygens (including phenoxy) is 1. The molecule has 1 rings (SSSR count). The van der Waals surface area contributed by atoms with Crippen LogP contribution in [0.25, 0.3) is 0 Å². The lowest BCUT2D eigenvalue weighted by atomic mass is 9.98. The van der Waals surface area contributed by atoms with Crippen LogP contribution in [0, 0.1) is 0 Å². The lowest BCUT2D eigenvalue weighted by molar-refractivity contribution is 0.140. The smallest absolute Gasteiger partial charge is 0.161 e. The lowest BCUT2D eigenvalue weighted by Crippen LogP contribution is -2.05. The van der Waals surface area contributed by atoms with Gasteiger partial charge in [-0.2, -0.15) is 0 Å². The molecule has 0 spiro atoms. The van der Waals surface area contributed by atoms with Crippen LogP contribution in [0.4, 0.5) is 0 Å². The van der Waals surface area contributed by atoms with E-state index in [9.17, 15) is 5.11 Å². The van der Waals surface area contributed by atoms with E-state index in [0.29, 0.717) is 24.7 Å². The summed E-state index contributed by atoms with van der Waals surface area (Å²) in [4.78, 5) is 4.52. The van der Waals surface area contributed by atoms with Crippen molar-refractivity contribution >= 4 is 0 Å². The van der Waals surface area contributed by atoms with E-state index in [0.717, 1.165) is 11.1 Å². The molecule has 4 nitrogen and oxygen atoms in total. The zero-order chi connectivity index (χ0) is 12.1. The maximum Gasteiger partial charge on any atom is 0.161 e. The Morgan fingerprint density at radius 3 is 2.56 bits per heavy atom. The van der Waals surface area contributed by atoms with Crippen LogP contribution in [0.15, 0.2) is 12.1 Å². The lowest BCUT2D eigenvalue weighted by Gasteiger charge is -2.13. The fourth-order valence-corrected chi connectivity index (χ4v) is 1.54. The van der Waals surface area contributed by atoms with Crippen LogP contribution < -0.4 is 10.6 Å². The number of phenols is 1. The van der Waals surface area contributed by atoms with E-state index < -0.39 is 0 Å². The highest BCUT2D eigenvalue weighted by atomic mass is 16.6. The molecule has 0 amide bonds. The van der Waals surface area contributed by atoms with Crippen molar-refractivity contribution in [2.45, 2.75) is 26.2 Å². The molecular weight excluding hydrogens is 206 g/mol. The molecule has 0 aliphatic heterocycles. The van der Waals surface area contributed by atoms with Crippen molar-refractivity contribution in [2.75, 3.05) is 13.7 Å². The summed E-state index contributed by atoms with van der Waals surface area (Å²) in [7, 11) is 1.54. The molecule has 1 aromatic carbocycles. The van der Waals surface area contributed by atoms with Gasteiger partial charge in [0.15, 0.2) is 11.5 Å². The number of aromatic hydroxyl groups is 1. The molecule has 3 N–H and O–H groups in total. The van der Waals surface area contributed by atoms with E-state index in [2.05, 4.69) is 18.7 Å². The third kappa shape index (κ3) is 2.87. The molecule has 0 aliphatic rings. The molecule has 0 atom stereocenters. The van der Waals surface area contributed by atoms with Gasteiger partial charge in [0.05, 0.1) is 13.7 Å². The van der Waals surface area contributed by atoms with E-state index in [1.807, 2.05) is 12.1 Å². The second-order valence-electron chi connectivity index (χ2n) is 4.01. The Kier molecular flexibility index (Phi) is 4.58. The number of benzene rings is 1. The third-order valence-electron chi connectivity index (χ3n) is 2.55. The van der Waals surface area contributed by atoms with E-state index in [4.69, 9.17) is 10.6 Å². The van der Waals surface area contributed by atoms with Gasteiger partial charge < -0.3 is 14.7 Å². The quantitative estimate of drug-likeness (QED) is 0.752. The van der Waals surface area contributed by atoms with Crippen LogP contribution in [0.2, 0.25) is 0 Å². The third-order valence-corrected chi connectivity index (χ3v) is 2.55. The Balaban J connectivity index is 3.08. The highest BCUT2D eigenvalue weighted by Gasteiger charge is 2.12. The summed E-state index contributed by atoms with van der Waals surface area (Å²) in [6.07, 6.45) is 0.569. The van der Waals surface area contributed by atoms with Crippen LogP contribution in [0.3, 0.4) is 0 Å². The predicted octanol–water partition coefficient (Wildman–Crippen LogP) is 1.96. The summed E-state index contributed by atoms with van der Waals surface area (Å²) in [6, 6.07) is 3.81. The van der Waals surface area contributed by atoms with Gasteiger partial charge in [-0.15, -0.1) is 0 Å². The van der Waals surface area contributed by atoms with Gasteiger partial charge in [0.1, 0.15) is 0 Å². The van der Waals surface area contributed by atoms with Crippen molar-refractivity contribution in [1.29, 1.82) is 0 Å². The van der Waals surface area contributed by atoms with Crippen molar-refractivity contribution in [3.8, 4) is 11.5 Å². The first-order valence-electron chi connectivity index (χ1n) is 5.31. The van der Waals surface area contributed by atoms with Crippen molar-refractivity contribution in [3.05, 3.63) is 23.3 Å². The molecule has 90 valence electrons. The van der Waals surface area contributed by atoms with Gasteiger partial charge in [-0.1, -0.05) is 19.9 Å². The normalized spacial score (nSPS) is 10.8. The molecule has 0 unspecified atom stereocenters. The Morgan fingerprint density at radius 2 is 2.06 bits per heavy atom. The fraction of sp³-hybridized carbons (Fsp3) is 0.500. The summed E-state index contributed by atoms with van der Waals surface area (Å²) in [5.41, 5.74) is 1.93. The highest BCUT2D eigenvalue weighted by Crippen LogP contribution is 2.34. The number of methoxy groups -OCH3 is 1. The Bertz CT molecular complexity index is 350. The summed E-state index contributed by atoms with van der Waals surface area (Å²) in [6.45, 7) is 4.56. The molecule has 0 bridgehead atoms.